The smallest absolute Gasteiger partial charge is 0.0815 e. The molecule has 7 heteroatoms. The fraction of sp³-hybridized carbons (Fsp3) is 0.680. The standard InChI is InChI=1S/C25H43N3O2.2ClH/c1-17(2)21(14-23(26)25(29)15-27-18(3)4)12-19-9-10-24-22(13-19)20(16-28(24)5)8-7-11-30-6;;/h9-10,13,16-18,21,23,25,27,29H,7-8,11-12,14-15,26H2,1-6H3;2*1H/t21-,23-,25-;;/m0../s1. The van der Waals surface area contributed by atoms with Gasteiger partial charge in [0.25, 0.3) is 0 Å². The number of halogens is 2. The van der Waals surface area contributed by atoms with E-state index in [0.29, 0.717) is 24.4 Å². The average molecular weight is 491 g/mol. The van der Waals surface area contributed by atoms with Gasteiger partial charge >= 0.3 is 0 Å². The molecule has 1 heterocycles. The molecule has 0 saturated carbocycles. The van der Waals surface area contributed by atoms with Gasteiger partial charge < -0.3 is 25.5 Å². The van der Waals surface area contributed by atoms with Crippen molar-refractivity contribution in [1.29, 1.82) is 0 Å². The van der Waals surface area contributed by atoms with Crippen LogP contribution in [0.2, 0.25) is 0 Å². The molecule has 1 aromatic carbocycles. The molecule has 0 radical (unpaired) electrons. The maximum atomic E-state index is 10.4. The molecule has 0 aliphatic carbocycles. The summed E-state index contributed by atoms with van der Waals surface area (Å²) in [5.41, 5.74) is 10.4. The minimum atomic E-state index is -0.516. The molecule has 2 aromatic rings. The fourth-order valence-corrected chi connectivity index (χ4v) is 4.16. The molecule has 32 heavy (non-hydrogen) atoms. The van der Waals surface area contributed by atoms with Crippen LogP contribution in [0.5, 0.6) is 0 Å². The van der Waals surface area contributed by atoms with Crippen LogP contribution in [0.1, 0.15) is 51.7 Å². The second-order valence-corrected chi connectivity index (χ2v) is 9.45. The van der Waals surface area contributed by atoms with Crippen LogP contribution in [0.3, 0.4) is 0 Å². The Labute approximate surface area is 207 Å². The van der Waals surface area contributed by atoms with Gasteiger partial charge in [0.1, 0.15) is 0 Å². The van der Waals surface area contributed by atoms with Crippen molar-refractivity contribution in [3.63, 3.8) is 0 Å². The SMILES string of the molecule is COCCCc1cn(C)c2ccc(C[C@@H](C[C@H](N)[C@@H](O)CNC(C)C)C(C)C)cc12.Cl.Cl. The van der Waals surface area contributed by atoms with Crippen molar-refractivity contribution in [3.05, 3.63) is 35.5 Å². The number of aromatic nitrogens is 1. The molecule has 0 bridgehead atoms. The monoisotopic (exact) mass is 489 g/mol. The molecule has 0 aliphatic rings. The molecule has 1 aromatic heterocycles. The van der Waals surface area contributed by atoms with E-state index in [1.54, 1.807) is 7.11 Å². The number of aliphatic hydroxyl groups is 1. The number of hydrogen-bond donors (Lipinski definition) is 3. The zero-order valence-electron chi connectivity index (χ0n) is 20.6. The summed E-state index contributed by atoms with van der Waals surface area (Å²) in [4.78, 5) is 0. The summed E-state index contributed by atoms with van der Waals surface area (Å²) in [6.07, 6.45) is 5.60. The van der Waals surface area contributed by atoms with Crippen LogP contribution in [0.4, 0.5) is 0 Å². The molecule has 0 amide bonds. The number of benzene rings is 1. The predicted octanol–water partition coefficient (Wildman–Crippen LogP) is 4.49. The first-order chi connectivity index (χ1) is 14.2. The summed E-state index contributed by atoms with van der Waals surface area (Å²) in [6.45, 7) is 10.0. The van der Waals surface area contributed by atoms with Crippen LogP contribution >= 0.6 is 24.8 Å². The van der Waals surface area contributed by atoms with Crippen LogP contribution in [-0.2, 0) is 24.6 Å². The molecule has 4 N–H and O–H groups in total. The van der Waals surface area contributed by atoms with Gasteiger partial charge in [-0.3, -0.25) is 0 Å². The zero-order chi connectivity index (χ0) is 22.3. The zero-order valence-corrected chi connectivity index (χ0v) is 22.3. The third-order valence-corrected chi connectivity index (χ3v) is 6.18. The number of ether oxygens (including phenoxy) is 1. The van der Waals surface area contributed by atoms with Gasteiger partial charge in [-0.05, 0) is 60.8 Å². The molecule has 0 saturated heterocycles. The lowest BCUT2D eigenvalue weighted by molar-refractivity contribution is 0.122. The van der Waals surface area contributed by atoms with E-state index >= 15 is 0 Å². The van der Waals surface area contributed by atoms with Gasteiger partial charge in [-0.1, -0.05) is 33.8 Å². The number of nitrogens with two attached hydrogens (primary N) is 1. The molecule has 0 fully saturated rings. The van der Waals surface area contributed by atoms with E-state index in [-0.39, 0.29) is 30.9 Å². The molecule has 0 unspecified atom stereocenters. The Kier molecular flexibility index (Phi) is 14.8. The van der Waals surface area contributed by atoms with Gasteiger partial charge in [-0.2, -0.15) is 0 Å². The summed E-state index contributed by atoms with van der Waals surface area (Å²) in [7, 11) is 3.87. The Morgan fingerprint density at radius 3 is 2.44 bits per heavy atom. The number of nitrogens with zero attached hydrogens (tertiary/aromatic N) is 1. The first kappa shape index (κ1) is 31.2. The number of aliphatic hydroxyl groups excluding tert-OH is 1. The quantitative estimate of drug-likeness (QED) is 0.362. The Balaban J connectivity index is 0.00000480. The van der Waals surface area contributed by atoms with E-state index in [4.69, 9.17) is 10.5 Å². The van der Waals surface area contributed by atoms with Crippen LogP contribution in [0.25, 0.3) is 10.9 Å². The minimum Gasteiger partial charge on any atom is -0.390 e. The molecule has 0 aliphatic heterocycles. The fourth-order valence-electron chi connectivity index (χ4n) is 4.16. The third kappa shape index (κ3) is 9.20. The Morgan fingerprint density at radius 1 is 1.16 bits per heavy atom. The summed E-state index contributed by atoms with van der Waals surface area (Å²) in [5.74, 6) is 0.945. The lowest BCUT2D eigenvalue weighted by Crippen LogP contribution is -2.44. The summed E-state index contributed by atoms with van der Waals surface area (Å²) < 4.78 is 7.45. The van der Waals surface area contributed by atoms with Gasteiger partial charge in [-0.25, -0.2) is 0 Å². The number of fused-ring (bicyclic) bond motifs is 1. The predicted molar refractivity (Wildman–Crippen MR) is 141 cm³/mol. The summed E-state index contributed by atoms with van der Waals surface area (Å²) in [5, 5.41) is 15.1. The van der Waals surface area contributed by atoms with E-state index in [1.807, 2.05) is 0 Å². The highest BCUT2D eigenvalue weighted by Gasteiger charge is 2.23. The molecule has 5 nitrogen and oxygen atoms in total. The van der Waals surface area contributed by atoms with Crippen molar-refractivity contribution in [2.24, 2.45) is 24.6 Å². The Morgan fingerprint density at radius 2 is 1.84 bits per heavy atom. The molecule has 2 rings (SSSR count). The van der Waals surface area contributed by atoms with Crippen molar-refractivity contribution in [1.82, 2.24) is 9.88 Å². The van der Waals surface area contributed by atoms with E-state index in [9.17, 15) is 5.11 Å². The first-order valence-corrected chi connectivity index (χ1v) is 11.5. The number of aryl methyl sites for hydroxylation is 2. The number of methoxy groups -OCH3 is 1. The molecule has 186 valence electrons. The normalized spacial score (nSPS) is 14.3. The average Bonchev–Trinajstić information content (AvgIpc) is 3.00. The third-order valence-electron chi connectivity index (χ3n) is 6.18. The second kappa shape index (κ2) is 15.2. The number of nitrogens with one attached hydrogen (secondary N) is 1. The highest BCUT2D eigenvalue weighted by atomic mass is 35.5. The molecular weight excluding hydrogens is 445 g/mol. The highest BCUT2D eigenvalue weighted by molar-refractivity contribution is 5.86. The van der Waals surface area contributed by atoms with Gasteiger partial charge in [0.2, 0.25) is 0 Å². The Bertz CT molecular complexity index is 780. The minimum absolute atomic E-state index is 0. The van der Waals surface area contributed by atoms with Gasteiger partial charge in [0, 0.05) is 56.5 Å². The highest BCUT2D eigenvalue weighted by Crippen LogP contribution is 2.27. The second-order valence-electron chi connectivity index (χ2n) is 9.45. The number of hydrogen-bond acceptors (Lipinski definition) is 4. The van der Waals surface area contributed by atoms with Crippen LogP contribution in [0.15, 0.2) is 24.4 Å². The largest absolute Gasteiger partial charge is 0.390 e. The van der Waals surface area contributed by atoms with Crippen molar-refractivity contribution < 1.29 is 9.84 Å². The van der Waals surface area contributed by atoms with E-state index in [2.05, 4.69) is 69.0 Å². The number of rotatable bonds is 13. The van der Waals surface area contributed by atoms with Crippen LogP contribution in [-0.4, -0.2) is 48.1 Å². The van der Waals surface area contributed by atoms with E-state index < -0.39 is 6.10 Å². The molecule has 0 spiro atoms. The van der Waals surface area contributed by atoms with Gasteiger partial charge in [-0.15, -0.1) is 24.8 Å². The van der Waals surface area contributed by atoms with Crippen LogP contribution < -0.4 is 11.1 Å². The van der Waals surface area contributed by atoms with Crippen molar-refractivity contribution in [2.75, 3.05) is 20.3 Å². The molecular formula is C25H45Cl2N3O2. The van der Waals surface area contributed by atoms with Gasteiger partial charge in [0.15, 0.2) is 0 Å². The first-order valence-electron chi connectivity index (χ1n) is 11.5. The van der Waals surface area contributed by atoms with Crippen molar-refractivity contribution in [2.45, 2.75) is 71.6 Å². The van der Waals surface area contributed by atoms with E-state index in [1.165, 1.54) is 22.0 Å². The Hall–Kier alpha value is -0.820. The van der Waals surface area contributed by atoms with Gasteiger partial charge in [0.05, 0.1) is 6.10 Å². The lowest BCUT2D eigenvalue weighted by atomic mass is 9.83. The summed E-state index contributed by atoms with van der Waals surface area (Å²) >= 11 is 0. The topological polar surface area (TPSA) is 72.4 Å². The maximum absolute atomic E-state index is 10.4. The lowest BCUT2D eigenvalue weighted by Gasteiger charge is -2.28. The van der Waals surface area contributed by atoms with E-state index in [0.717, 1.165) is 32.3 Å². The van der Waals surface area contributed by atoms with Crippen LogP contribution in [0, 0.1) is 11.8 Å². The maximum Gasteiger partial charge on any atom is 0.0815 e. The van der Waals surface area contributed by atoms with Crippen molar-refractivity contribution >= 4 is 35.7 Å². The molecule has 3 atom stereocenters. The van der Waals surface area contributed by atoms with Crippen molar-refractivity contribution in [3.8, 4) is 0 Å². The summed E-state index contributed by atoms with van der Waals surface area (Å²) in [6, 6.07) is 6.98.